The van der Waals surface area contributed by atoms with Gasteiger partial charge in [0.15, 0.2) is 0 Å². The third-order valence-electron chi connectivity index (χ3n) is 5.00. The molecule has 6 heteroatoms. The quantitative estimate of drug-likeness (QED) is 0.772. The van der Waals surface area contributed by atoms with Crippen LogP contribution in [-0.4, -0.2) is 44.9 Å². The number of para-hydroxylation sites is 1. The number of hydrogen-bond acceptors (Lipinski definition) is 4. The normalized spacial score (nSPS) is 16.6. The molecule has 1 N–H and O–H groups in total. The topological polar surface area (TPSA) is 83.4 Å². The van der Waals surface area contributed by atoms with Gasteiger partial charge in [-0.3, -0.25) is 14.8 Å². The average Bonchev–Trinajstić information content (AvgIpc) is 3.15. The number of nitrogens with zero attached hydrogens (tertiary/aromatic N) is 3. The Morgan fingerprint density at radius 1 is 1.11 bits per heavy atom. The lowest BCUT2D eigenvalue weighted by atomic mass is 9.97. The maximum Gasteiger partial charge on any atom is 0.335 e. The molecule has 0 spiro atoms. The summed E-state index contributed by atoms with van der Waals surface area (Å²) in [7, 11) is 0. The van der Waals surface area contributed by atoms with Crippen LogP contribution in [0, 0.1) is 5.92 Å². The number of hydrogen-bond donors (Lipinski definition) is 1. The fourth-order valence-corrected chi connectivity index (χ4v) is 3.68. The standard InChI is InChI=1S/C21H19N3O3/c25-20(17-5-2-6-18-19(17)23-9-8-22-18)24-10-7-15(13-24)11-14-3-1-4-16(12-14)21(26)27/h1-6,8-9,12,15H,7,10-11,13H2,(H,26,27)/t15-/m0/s1. The van der Waals surface area contributed by atoms with Gasteiger partial charge in [-0.25, -0.2) is 4.79 Å². The minimum Gasteiger partial charge on any atom is -0.478 e. The summed E-state index contributed by atoms with van der Waals surface area (Å²) in [6.45, 7) is 1.35. The molecule has 4 rings (SSSR count). The van der Waals surface area contributed by atoms with Crippen molar-refractivity contribution in [2.24, 2.45) is 5.92 Å². The number of aromatic nitrogens is 2. The van der Waals surface area contributed by atoms with Gasteiger partial charge in [-0.05, 0) is 48.6 Å². The smallest absolute Gasteiger partial charge is 0.335 e. The van der Waals surface area contributed by atoms with Gasteiger partial charge < -0.3 is 10.0 Å². The molecule has 6 nitrogen and oxygen atoms in total. The number of carboxylic acids is 1. The molecule has 1 aliphatic rings. The summed E-state index contributed by atoms with van der Waals surface area (Å²) in [4.78, 5) is 34.6. The van der Waals surface area contributed by atoms with Crippen LogP contribution in [0.1, 0.15) is 32.7 Å². The van der Waals surface area contributed by atoms with E-state index in [1.165, 1.54) is 0 Å². The van der Waals surface area contributed by atoms with Crippen molar-refractivity contribution in [3.05, 3.63) is 71.5 Å². The maximum absolute atomic E-state index is 13.0. The predicted molar refractivity (Wildman–Crippen MR) is 101 cm³/mol. The van der Waals surface area contributed by atoms with Gasteiger partial charge in [0, 0.05) is 25.5 Å². The molecule has 0 aliphatic carbocycles. The summed E-state index contributed by atoms with van der Waals surface area (Å²) < 4.78 is 0. The summed E-state index contributed by atoms with van der Waals surface area (Å²) in [5, 5.41) is 9.13. The van der Waals surface area contributed by atoms with E-state index in [1.807, 2.05) is 23.1 Å². The molecule has 1 saturated heterocycles. The average molecular weight is 361 g/mol. The highest BCUT2D eigenvalue weighted by Crippen LogP contribution is 2.24. The predicted octanol–water partition coefficient (Wildman–Crippen LogP) is 3.03. The van der Waals surface area contributed by atoms with Gasteiger partial charge in [0.25, 0.3) is 5.91 Å². The van der Waals surface area contributed by atoms with E-state index in [0.717, 1.165) is 18.4 Å². The van der Waals surface area contributed by atoms with Crippen LogP contribution < -0.4 is 0 Å². The fourth-order valence-electron chi connectivity index (χ4n) is 3.68. The van der Waals surface area contributed by atoms with Crippen LogP contribution in [-0.2, 0) is 6.42 Å². The summed E-state index contributed by atoms with van der Waals surface area (Å²) >= 11 is 0. The zero-order valence-electron chi connectivity index (χ0n) is 14.7. The number of likely N-dealkylation sites (tertiary alicyclic amines) is 1. The van der Waals surface area contributed by atoms with Gasteiger partial charge in [0.05, 0.1) is 16.6 Å². The SMILES string of the molecule is O=C(O)c1cccc(C[C@@H]2CCN(C(=O)c3cccc4nccnc34)C2)c1. The van der Waals surface area contributed by atoms with Crippen molar-refractivity contribution in [3.8, 4) is 0 Å². The van der Waals surface area contributed by atoms with Gasteiger partial charge in [-0.2, -0.15) is 0 Å². The minimum absolute atomic E-state index is 0.0251. The lowest BCUT2D eigenvalue weighted by Crippen LogP contribution is -2.29. The molecule has 136 valence electrons. The van der Waals surface area contributed by atoms with Gasteiger partial charge in [0.1, 0.15) is 5.52 Å². The number of carbonyl (C=O) groups excluding carboxylic acids is 1. The number of fused-ring (bicyclic) bond motifs is 1. The van der Waals surface area contributed by atoms with Crippen molar-refractivity contribution in [2.45, 2.75) is 12.8 Å². The number of benzene rings is 2. The first-order chi connectivity index (χ1) is 13.1. The molecule has 2 heterocycles. The fraction of sp³-hybridized carbons (Fsp3) is 0.238. The Kier molecular flexibility index (Phi) is 4.54. The van der Waals surface area contributed by atoms with Crippen molar-refractivity contribution in [1.82, 2.24) is 14.9 Å². The summed E-state index contributed by atoms with van der Waals surface area (Å²) in [5.74, 6) is -0.626. The van der Waals surface area contributed by atoms with Crippen molar-refractivity contribution in [2.75, 3.05) is 13.1 Å². The van der Waals surface area contributed by atoms with Gasteiger partial charge in [-0.1, -0.05) is 18.2 Å². The second kappa shape index (κ2) is 7.15. The lowest BCUT2D eigenvalue weighted by molar-refractivity contribution is 0.0696. The van der Waals surface area contributed by atoms with Crippen molar-refractivity contribution < 1.29 is 14.7 Å². The zero-order valence-corrected chi connectivity index (χ0v) is 14.7. The monoisotopic (exact) mass is 361 g/mol. The zero-order chi connectivity index (χ0) is 18.8. The largest absolute Gasteiger partial charge is 0.478 e. The van der Waals surface area contributed by atoms with E-state index >= 15 is 0 Å². The highest BCUT2D eigenvalue weighted by atomic mass is 16.4. The van der Waals surface area contributed by atoms with Crippen LogP contribution in [0.25, 0.3) is 11.0 Å². The number of rotatable bonds is 4. The summed E-state index contributed by atoms with van der Waals surface area (Å²) in [6, 6.07) is 12.5. The molecule has 1 atom stereocenters. The number of amides is 1. The van der Waals surface area contributed by atoms with Gasteiger partial charge in [-0.15, -0.1) is 0 Å². The summed E-state index contributed by atoms with van der Waals surface area (Å²) in [6.07, 6.45) is 4.88. The minimum atomic E-state index is -0.919. The highest BCUT2D eigenvalue weighted by molar-refractivity contribution is 6.04. The van der Waals surface area contributed by atoms with Crippen LogP contribution in [0.3, 0.4) is 0 Å². The van der Waals surface area contributed by atoms with Crippen LogP contribution in [0.5, 0.6) is 0 Å². The van der Waals surface area contributed by atoms with Crippen molar-refractivity contribution in [3.63, 3.8) is 0 Å². The Hall–Kier alpha value is -3.28. The van der Waals surface area contributed by atoms with Gasteiger partial charge >= 0.3 is 5.97 Å². The Morgan fingerprint density at radius 2 is 1.93 bits per heavy atom. The molecule has 0 unspecified atom stereocenters. The Bertz CT molecular complexity index is 1010. The van der Waals surface area contributed by atoms with E-state index in [-0.39, 0.29) is 5.91 Å². The molecule has 1 aromatic heterocycles. The third kappa shape index (κ3) is 3.51. The molecular weight excluding hydrogens is 342 g/mol. The molecule has 1 aliphatic heterocycles. The number of carboxylic acid groups (broad SMARTS) is 1. The molecule has 3 aromatic rings. The van der Waals surface area contributed by atoms with E-state index in [9.17, 15) is 9.59 Å². The molecule has 0 radical (unpaired) electrons. The Labute approximate surface area is 156 Å². The third-order valence-corrected chi connectivity index (χ3v) is 5.00. The molecule has 1 fully saturated rings. The number of carbonyl (C=O) groups is 2. The second-order valence-corrected chi connectivity index (χ2v) is 6.85. The highest BCUT2D eigenvalue weighted by Gasteiger charge is 2.28. The molecular formula is C21H19N3O3. The van der Waals surface area contributed by atoms with E-state index in [1.54, 1.807) is 36.7 Å². The maximum atomic E-state index is 13.0. The molecule has 0 bridgehead atoms. The molecule has 1 amide bonds. The summed E-state index contributed by atoms with van der Waals surface area (Å²) in [5.41, 5.74) is 3.21. The molecule has 2 aromatic carbocycles. The van der Waals surface area contributed by atoms with E-state index in [2.05, 4.69) is 9.97 Å². The van der Waals surface area contributed by atoms with E-state index < -0.39 is 5.97 Å². The van der Waals surface area contributed by atoms with Crippen LogP contribution in [0.2, 0.25) is 0 Å². The molecule has 27 heavy (non-hydrogen) atoms. The Balaban J connectivity index is 1.48. The first kappa shape index (κ1) is 17.1. The first-order valence-corrected chi connectivity index (χ1v) is 8.93. The van der Waals surface area contributed by atoms with Crippen LogP contribution >= 0.6 is 0 Å². The van der Waals surface area contributed by atoms with Crippen molar-refractivity contribution in [1.29, 1.82) is 0 Å². The Morgan fingerprint density at radius 3 is 2.78 bits per heavy atom. The van der Waals surface area contributed by atoms with Crippen molar-refractivity contribution >= 4 is 22.9 Å². The number of aromatic carboxylic acids is 1. The van der Waals surface area contributed by atoms with Crippen LogP contribution in [0.15, 0.2) is 54.9 Å². The molecule has 0 saturated carbocycles. The lowest BCUT2D eigenvalue weighted by Gasteiger charge is -2.17. The first-order valence-electron chi connectivity index (χ1n) is 8.93. The van der Waals surface area contributed by atoms with E-state index in [4.69, 9.17) is 5.11 Å². The van der Waals surface area contributed by atoms with Gasteiger partial charge in [0.2, 0.25) is 0 Å². The van der Waals surface area contributed by atoms with Crippen LogP contribution in [0.4, 0.5) is 0 Å². The second-order valence-electron chi connectivity index (χ2n) is 6.85. The van der Waals surface area contributed by atoms with E-state index in [0.29, 0.717) is 41.2 Å².